The molecule has 1 saturated heterocycles. The van der Waals surface area contributed by atoms with Gasteiger partial charge in [-0.3, -0.25) is 14.9 Å². The number of benzene rings is 1. The third-order valence-corrected chi connectivity index (χ3v) is 3.51. The van der Waals surface area contributed by atoms with E-state index in [-0.39, 0.29) is 17.2 Å². The lowest BCUT2D eigenvalue weighted by molar-refractivity contribution is -0.385. The molecule has 0 amide bonds. The number of nitriles is 1. The highest BCUT2D eigenvalue weighted by molar-refractivity contribution is 5.70. The molecule has 0 atom stereocenters. The van der Waals surface area contributed by atoms with Gasteiger partial charge >= 0.3 is 5.97 Å². The molecule has 0 aromatic heterocycles. The minimum absolute atomic E-state index is 0.0270. The number of piperidine rings is 1. The lowest BCUT2D eigenvalue weighted by Crippen LogP contribution is -2.36. The highest BCUT2D eigenvalue weighted by Gasteiger charge is 2.25. The lowest BCUT2D eigenvalue weighted by Gasteiger charge is -2.31. The molecule has 1 aliphatic rings. The first-order chi connectivity index (χ1) is 9.52. The zero-order valence-electron chi connectivity index (χ0n) is 10.7. The third-order valence-electron chi connectivity index (χ3n) is 3.51. The van der Waals surface area contributed by atoms with E-state index in [1.165, 1.54) is 12.1 Å². The molecule has 0 bridgehead atoms. The Morgan fingerprint density at radius 3 is 2.60 bits per heavy atom. The molecule has 0 unspecified atom stereocenters. The number of nitro benzene ring substituents is 1. The molecule has 0 radical (unpaired) electrons. The fourth-order valence-electron chi connectivity index (χ4n) is 2.35. The van der Waals surface area contributed by atoms with Gasteiger partial charge in [0.05, 0.1) is 10.8 Å². The highest BCUT2D eigenvalue weighted by Crippen LogP contribution is 2.28. The van der Waals surface area contributed by atoms with Crippen molar-refractivity contribution >= 4 is 17.3 Å². The van der Waals surface area contributed by atoms with Crippen LogP contribution in [0.5, 0.6) is 0 Å². The molecule has 1 fully saturated rings. The first-order valence-electron chi connectivity index (χ1n) is 6.19. The summed E-state index contributed by atoms with van der Waals surface area (Å²) in [5, 5.41) is 28.7. The smallest absolute Gasteiger partial charge is 0.306 e. The molecule has 0 aliphatic carbocycles. The minimum atomic E-state index is -0.796. The molecule has 2 rings (SSSR count). The Morgan fingerprint density at radius 1 is 1.45 bits per heavy atom. The number of anilines is 1. The van der Waals surface area contributed by atoms with Gasteiger partial charge in [-0.15, -0.1) is 0 Å². The van der Waals surface area contributed by atoms with Crippen molar-refractivity contribution in [2.75, 3.05) is 18.0 Å². The molecule has 20 heavy (non-hydrogen) atoms. The maximum absolute atomic E-state index is 10.9. The van der Waals surface area contributed by atoms with Gasteiger partial charge in [-0.05, 0) is 25.0 Å². The summed E-state index contributed by atoms with van der Waals surface area (Å²) in [6.07, 6.45) is 1.03. The van der Waals surface area contributed by atoms with Gasteiger partial charge in [-0.1, -0.05) is 0 Å². The van der Waals surface area contributed by atoms with Gasteiger partial charge < -0.3 is 10.0 Å². The summed E-state index contributed by atoms with van der Waals surface area (Å²) in [4.78, 5) is 23.1. The first-order valence-corrected chi connectivity index (χ1v) is 6.19. The number of carboxylic acid groups (broad SMARTS) is 1. The molecule has 7 nitrogen and oxygen atoms in total. The van der Waals surface area contributed by atoms with Crippen molar-refractivity contribution in [3.8, 4) is 6.07 Å². The summed E-state index contributed by atoms with van der Waals surface area (Å²) in [7, 11) is 0. The molecule has 0 spiro atoms. The Kier molecular flexibility index (Phi) is 3.84. The summed E-state index contributed by atoms with van der Waals surface area (Å²) >= 11 is 0. The van der Waals surface area contributed by atoms with Crippen molar-refractivity contribution in [2.45, 2.75) is 12.8 Å². The quantitative estimate of drug-likeness (QED) is 0.665. The maximum Gasteiger partial charge on any atom is 0.306 e. The Balaban J connectivity index is 2.19. The molecule has 7 heteroatoms. The largest absolute Gasteiger partial charge is 0.481 e. The SMILES string of the molecule is N#Cc1ccc(N2CCC(C(=O)O)CC2)cc1[N+](=O)[O-]. The van der Waals surface area contributed by atoms with Gasteiger partial charge in [0.1, 0.15) is 11.6 Å². The van der Waals surface area contributed by atoms with E-state index in [1.807, 2.05) is 4.90 Å². The standard InChI is InChI=1S/C13H13N3O4/c14-8-10-1-2-11(7-12(10)16(19)20)15-5-3-9(4-6-15)13(17)18/h1-2,7,9H,3-6H2,(H,17,18). The Labute approximate surface area is 115 Å². The molecule has 1 aromatic carbocycles. The van der Waals surface area contributed by atoms with Gasteiger partial charge in [-0.2, -0.15) is 5.26 Å². The van der Waals surface area contributed by atoms with E-state index in [0.717, 1.165) is 0 Å². The summed E-state index contributed by atoms with van der Waals surface area (Å²) in [5.74, 6) is -1.14. The molecule has 1 aromatic rings. The van der Waals surface area contributed by atoms with Gasteiger partial charge in [0.15, 0.2) is 0 Å². The maximum atomic E-state index is 10.9. The predicted octanol–water partition coefficient (Wildman–Crippen LogP) is 1.77. The van der Waals surface area contributed by atoms with Crippen LogP contribution in [0.4, 0.5) is 11.4 Å². The van der Waals surface area contributed by atoms with Crippen LogP contribution >= 0.6 is 0 Å². The summed E-state index contributed by atoms with van der Waals surface area (Å²) in [6.45, 7) is 1.08. The average molecular weight is 275 g/mol. The average Bonchev–Trinajstić information content (AvgIpc) is 2.46. The predicted molar refractivity (Wildman–Crippen MR) is 70.4 cm³/mol. The van der Waals surface area contributed by atoms with Crippen molar-refractivity contribution in [3.63, 3.8) is 0 Å². The highest BCUT2D eigenvalue weighted by atomic mass is 16.6. The summed E-state index contributed by atoms with van der Waals surface area (Å²) < 4.78 is 0. The van der Waals surface area contributed by atoms with Gasteiger partial charge in [0.2, 0.25) is 0 Å². The van der Waals surface area contributed by atoms with E-state index in [4.69, 9.17) is 10.4 Å². The first kappa shape index (κ1) is 13.8. The lowest BCUT2D eigenvalue weighted by atomic mass is 9.96. The number of hydrogen-bond acceptors (Lipinski definition) is 5. The number of rotatable bonds is 3. The second-order valence-corrected chi connectivity index (χ2v) is 4.67. The fourth-order valence-corrected chi connectivity index (χ4v) is 2.35. The second-order valence-electron chi connectivity index (χ2n) is 4.67. The van der Waals surface area contributed by atoms with E-state index in [2.05, 4.69) is 0 Å². The Morgan fingerprint density at radius 2 is 2.10 bits per heavy atom. The van der Waals surface area contributed by atoms with Crippen LogP contribution in [-0.4, -0.2) is 29.1 Å². The number of hydrogen-bond donors (Lipinski definition) is 1. The van der Waals surface area contributed by atoms with Gasteiger partial charge in [0, 0.05) is 24.8 Å². The van der Waals surface area contributed by atoms with E-state index < -0.39 is 10.9 Å². The molecular formula is C13H13N3O4. The van der Waals surface area contributed by atoms with Crippen molar-refractivity contribution in [1.29, 1.82) is 5.26 Å². The second kappa shape index (κ2) is 5.57. The van der Waals surface area contributed by atoms with Crippen LogP contribution in [0.3, 0.4) is 0 Å². The minimum Gasteiger partial charge on any atom is -0.481 e. The van der Waals surface area contributed by atoms with Crippen LogP contribution in [0.2, 0.25) is 0 Å². The van der Waals surface area contributed by atoms with Crippen molar-refractivity contribution in [1.82, 2.24) is 0 Å². The Bertz CT molecular complexity index is 586. The third kappa shape index (κ3) is 2.69. The van der Waals surface area contributed by atoms with Crippen molar-refractivity contribution < 1.29 is 14.8 Å². The fraction of sp³-hybridized carbons (Fsp3) is 0.385. The normalized spacial score (nSPS) is 15.7. The molecule has 104 valence electrons. The molecule has 1 aliphatic heterocycles. The van der Waals surface area contributed by atoms with E-state index in [1.54, 1.807) is 12.1 Å². The van der Waals surface area contributed by atoms with E-state index in [9.17, 15) is 14.9 Å². The van der Waals surface area contributed by atoms with Crippen LogP contribution in [0.25, 0.3) is 0 Å². The molecule has 1 N–H and O–H groups in total. The number of nitrogens with zero attached hydrogens (tertiary/aromatic N) is 3. The number of carbonyl (C=O) groups is 1. The topological polar surface area (TPSA) is 107 Å². The number of carboxylic acids is 1. The van der Waals surface area contributed by atoms with Crippen molar-refractivity contribution in [3.05, 3.63) is 33.9 Å². The monoisotopic (exact) mass is 275 g/mol. The van der Waals surface area contributed by atoms with Crippen LogP contribution in [0.15, 0.2) is 18.2 Å². The molecule has 1 heterocycles. The van der Waals surface area contributed by atoms with E-state index >= 15 is 0 Å². The van der Waals surface area contributed by atoms with Crippen LogP contribution in [0.1, 0.15) is 18.4 Å². The van der Waals surface area contributed by atoms with Crippen LogP contribution in [-0.2, 0) is 4.79 Å². The molecular weight excluding hydrogens is 262 g/mol. The van der Waals surface area contributed by atoms with Crippen LogP contribution < -0.4 is 4.90 Å². The Hall–Kier alpha value is -2.62. The van der Waals surface area contributed by atoms with Gasteiger partial charge in [-0.25, -0.2) is 0 Å². The number of aliphatic carboxylic acids is 1. The molecule has 0 saturated carbocycles. The van der Waals surface area contributed by atoms with E-state index in [0.29, 0.717) is 31.6 Å². The van der Waals surface area contributed by atoms with Crippen LogP contribution in [0, 0.1) is 27.4 Å². The number of nitro groups is 1. The summed E-state index contributed by atoms with van der Waals surface area (Å²) in [5.41, 5.74) is 0.462. The zero-order valence-corrected chi connectivity index (χ0v) is 10.7. The van der Waals surface area contributed by atoms with Crippen molar-refractivity contribution in [2.24, 2.45) is 5.92 Å². The zero-order chi connectivity index (χ0) is 14.7. The van der Waals surface area contributed by atoms with Gasteiger partial charge in [0.25, 0.3) is 5.69 Å². The summed E-state index contributed by atoms with van der Waals surface area (Å²) in [6, 6.07) is 6.25.